The summed E-state index contributed by atoms with van der Waals surface area (Å²) < 4.78 is 5.54. The van der Waals surface area contributed by atoms with E-state index in [4.69, 9.17) is 27.9 Å². The first-order valence-electron chi connectivity index (χ1n) is 5.11. The Balaban J connectivity index is 1.86. The van der Waals surface area contributed by atoms with Crippen LogP contribution in [0.5, 0.6) is 5.75 Å². The summed E-state index contributed by atoms with van der Waals surface area (Å²) in [5.41, 5.74) is 0. The average Bonchev–Trinajstić information content (AvgIpc) is 2.76. The van der Waals surface area contributed by atoms with E-state index in [9.17, 15) is 0 Å². The van der Waals surface area contributed by atoms with Crippen molar-refractivity contribution in [2.24, 2.45) is 4.99 Å². The Morgan fingerprint density at radius 3 is 3.00 bits per heavy atom. The molecule has 0 bridgehead atoms. The number of amidine groups is 1. The van der Waals surface area contributed by atoms with Crippen LogP contribution >= 0.6 is 23.2 Å². The summed E-state index contributed by atoms with van der Waals surface area (Å²) in [6, 6.07) is 5.18. The Morgan fingerprint density at radius 1 is 1.38 bits per heavy atom. The minimum atomic E-state index is 0.548. The van der Waals surface area contributed by atoms with Gasteiger partial charge in [-0.15, -0.1) is 0 Å². The molecule has 0 aliphatic carbocycles. The molecule has 1 aromatic carbocycles. The number of nitrogens with zero attached hydrogens (tertiary/aromatic N) is 1. The first-order valence-corrected chi connectivity index (χ1v) is 5.86. The second-order valence-electron chi connectivity index (χ2n) is 3.43. The summed E-state index contributed by atoms with van der Waals surface area (Å²) >= 11 is 11.8. The smallest absolute Gasteiger partial charge is 0.139 e. The van der Waals surface area contributed by atoms with Gasteiger partial charge in [-0.3, -0.25) is 4.99 Å². The summed E-state index contributed by atoms with van der Waals surface area (Å²) in [6.45, 7) is 2.33. The Kier molecular flexibility index (Phi) is 3.91. The number of hydrogen-bond acceptors (Lipinski definition) is 3. The maximum Gasteiger partial charge on any atom is 0.139 e. The molecule has 1 heterocycles. The van der Waals surface area contributed by atoms with Gasteiger partial charge >= 0.3 is 0 Å². The van der Waals surface area contributed by atoms with Gasteiger partial charge in [-0.05, 0) is 12.1 Å². The Labute approximate surface area is 104 Å². The molecule has 5 heteroatoms. The van der Waals surface area contributed by atoms with Crippen LogP contribution in [-0.2, 0) is 0 Å². The molecule has 0 saturated carbocycles. The third-order valence-corrected chi connectivity index (χ3v) is 2.78. The van der Waals surface area contributed by atoms with Crippen LogP contribution < -0.4 is 10.1 Å². The number of nitrogens with one attached hydrogen (secondary N) is 1. The van der Waals surface area contributed by atoms with Crippen LogP contribution in [0.25, 0.3) is 0 Å². The van der Waals surface area contributed by atoms with Crippen molar-refractivity contribution in [2.45, 2.75) is 6.42 Å². The van der Waals surface area contributed by atoms with E-state index in [0.29, 0.717) is 22.4 Å². The van der Waals surface area contributed by atoms with Gasteiger partial charge in [-0.2, -0.15) is 0 Å². The van der Waals surface area contributed by atoms with Crippen LogP contribution in [0.1, 0.15) is 6.42 Å². The van der Waals surface area contributed by atoms with Crippen molar-refractivity contribution < 1.29 is 4.74 Å². The average molecular weight is 259 g/mol. The second-order valence-corrected chi connectivity index (χ2v) is 4.27. The zero-order chi connectivity index (χ0) is 11.4. The van der Waals surface area contributed by atoms with Crippen molar-refractivity contribution in [1.29, 1.82) is 0 Å². The number of hydrogen-bond donors (Lipinski definition) is 1. The quantitative estimate of drug-likeness (QED) is 0.902. The van der Waals surface area contributed by atoms with E-state index in [0.717, 1.165) is 25.3 Å². The highest BCUT2D eigenvalue weighted by Gasteiger charge is 2.06. The third-order valence-electron chi connectivity index (χ3n) is 2.23. The number of halogens is 2. The molecule has 1 aliphatic heterocycles. The van der Waals surface area contributed by atoms with E-state index in [-0.39, 0.29) is 0 Å². The van der Waals surface area contributed by atoms with Gasteiger partial charge in [-0.25, -0.2) is 0 Å². The molecule has 0 amide bonds. The normalized spacial score (nSPS) is 14.5. The number of ether oxygens (including phenoxy) is 1. The minimum Gasteiger partial charge on any atom is -0.492 e. The van der Waals surface area contributed by atoms with Crippen molar-refractivity contribution in [3.63, 3.8) is 0 Å². The molecule has 1 aliphatic rings. The molecular weight excluding hydrogens is 247 g/mol. The lowest BCUT2D eigenvalue weighted by atomic mass is 10.3. The summed E-state index contributed by atoms with van der Waals surface area (Å²) in [6.07, 6.45) is 0.767. The molecule has 2 rings (SSSR count). The largest absolute Gasteiger partial charge is 0.492 e. The van der Waals surface area contributed by atoms with Gasteiger partial charge in [0, 0.05) is 24.1 Å². The molecule has 0 atom stereocenters. The van der Waals surface area contributed by atoms with E-state index in [2.05, 4.69) is 10.3 Å². The topological polar surface area (TPSA) is 33.6 Å². The maximum atomic E-state index is 5.96. The molecule has 3 nitrogen and oxygen atoms in total. The molecule has 0 radical (unpaired) electrons. The molecule has 1 N–H and O–H groups in total. The Bertz CT molecular complexity index is 407. The zero-order valence-corrected chi connectivity index (χ0v) is 10.2. The first-order chi connectivity index (χ1) is 7.75. The van der Waals surface area contributed by atoms with Gasteiger partial charge in [0.2, 0.25) is 0 Å². The fourth-order valence-corrected chi connectivity index (χ4v) is 1.79. The number of rotatable bonds is 4. The van der Waals surface area contributed by atoms with Gasteiger partial charge in [0.25, 0.3) is 0 Å². The lowest BCUT2D eigenvalue weighted by Gasteiger charge is -2.08. The van der Waals surface area contributed by atoms with Gasteiger partial charge in [0.15, 0.2) is 0 Å². The molecule has 0 aromatic heterocycles. The van der Waals surface area contributed by atoms with Crippen molar-refractivity contribution in [1.82, 2.24) is 5.32 Å². The van der Waals surface area contributed by atoms with Gasteiger partial charge < -0.3 is 10.1 Å². The van der Waals surface area contributed by atoms with Gasteiger partial charge in [0.1, 0.15) is 5.75 Å². The van der Waals surface area contributed by atoms with Crippen LogP contribution in [0.3, 0.4) is 0 Å². The van der Waals surface area contributed by atoms with E-state index >= 15 is 0 Å². The van der Waals surface area contributed by atoms with Crippen LogP contribution in [0.2, 0.25) is 10.0 Å². The highest BCUT2D eigenvalue weighted by Crippen LogP contribution is 2.27. The molecular formula is C11H12Cl2N2O. The van der Waals surface area contributed by atoms with E-state index in [1.807, 2.05) is 0 Å². The first kappa shape index (κ1) is 11.6. The lowest BCUT2D eigenvalue weighted by molar-refractivity contribution is 0.328. The number of benzene rings is 1. The molecule has 16 heavy (non-hydrogen) atoms. The number of aliphatic imine (C=N–C) groups is 1. The SMILES string of the molecule is Clc1ccc(Cl)c(OCCC2=NCCN2)c1. The van der Waals surface area contributed by atoms with Crippen molar-refractivity contribution >= 4 is 29.0 Å². The van der Waals surface area contributed by atoms with Crippen molar-refractivity contribution in [3.8, 4) is 5.75 Å². The van der Waals surface area contributed by atoms with Crippen molar-refractivity contribution in [2.75, 3.05) is 19.7 Å². The second kappa shape index (κ2) is 5.41. The monoisotopic (exact) mass is 258 g/mol. The molecule has 0 unspecified atom stereocenters. The Morgan fingerprint density at radius 2 is 2.25 bits per heavy atom. The van der Waals surface area contributed by atoms with Crippen molar-refractivity contribution in [3.05, 3.63) is 28.2 Å². The molecule has 0 saturated heterocycles. The molecule has 0 fully saturated rings. The van der Waals surface area contributed by atoms with E-state index < -0.39 is 0 Å². The van der Waals surface area contributed by atoms with Crippen LogP contribution in [0.4, 0.5) is 0 Å². The van der Waals surface area contributed by atoms with Crippen LogP contribution in [-0.4, -0.2) is 25.5 Å². The van der Waals surface area contributed by atoms with Crippen LogP contribution in [0, 0.1) is 0 Å². The summed E-state index contributed by atoms with van der Waals surface area (Å²) in [7, 11) is 0. The molecule has 86 valence electrons. The molecule has 0 spiro atoms. The van der Waals surface area contributed by atoms with E-state index in [1.54, 1.807) is 18.2 Å². The van der Waals surface area contributed by atoms with Gasteiger partial charge in [0.05, 0.1) is 24.0 Å². The Hall–Kier alpha value is -0.930. The van der Waals surface area contributed by atoms with Gasteiger partial charge in [-0.1, -0.05) is 23.2 Å². The predicted octanol–water partition coefficient (Wildman–Crippen LogP) is 2.76. The zero-order valence-electron chi connectivity index (χ0n) is 8.67. The predicted molar refractivity (Wildman–Crippen MR) is 66.9 cm³/mol. The summed E-state index contributed by atoms with van der Waals surface area (Å²) in [4.78, 5) is 4.27. The molecule has 1 aromatic rings. The summed E-state index contributed by atoms with van der Waals surface area (Å²) in [5, 5.41) is 4.38. The minimum absolute atomic E-state index is 0.548. The summed E-state index contributed by atoms with van der Waals surface area (Å²) in [5.74, 6) is 1.62. The highest BCUT2D eigenvalue weighted by atomic mass is 35.5. The van der Waals surface area contributed by atoms with E-state index in [1.165, 1.54) is 0 Å². The maximum absolute atomic E-state index is 5.96. The van der Waals surface area contributed by atoms with Crippen LogP contribution in [0.15, 0.2) is 23.2 Å². The fourth-order valence-electron chi connectivity index (χ4n) is 1.46. The lowest BCUT2D eigenvalue weighted by Crippen LogP contribution is -2.20. The fraction of sp³-hybridized carbons (Fsp3) is 0.364. The third kappa shape index (κ3) is 3.03. The standard InChI is InChI=1S/C11H12Cl2N2O/c12-8-1-2-9(13)10(7-8)16-6-3-11-14-4-5-15-11/h1-2,7H,3-6H2,(H,14,15). The highest BCUT2D eigenvalue weighted by molar-refractivity contribution is 6.34.